The van der Waals surface area contributed by atoms with Crippen molar-refractivity contribution in [2.45, 2.75) is 32.7 Å². The first-order valence-electron chi connectivity index (χ1n) is 12.3. The Morgan fingerprint density at radius 2 is 1.97 bits per heavy atom. The molecule has 2 aliphatic rings. The topological polar surface area (TPSA) is 129 Å². The van der Waals surface area contributed by atoms with Crippen molar-refractivity contribution in [3.8, 4) is 0 Å². The lowest BCUT2D eigenvalue weighted by Gasteiger charge is -2.46. The van der Waals surface area contributed by atoms with Crippen LogP contribution < -0.4 is 9.62 Å². The number of piperidine rings is 1. The maximum atomic E-state index is 10.9. The van der Waals surface area contributed by atoms with Crippen LogP contribution in [0.1, 0.15) is 37.1 Å². The molecule has 4 heterocycles. The summed E-state index contributed by atoms with van der Waals surface area (Å²) in [6, 6.07) is 5.23. The number of aromatic nitrogens is 5. The van der Waals surface area contributed by atoms with Gasteiger partial charge in [0, 0.05) is 42.8 Å². The molecule has 0 spiro atoms. The molecular formula is C23H30Cl2N8O3S. The first kappa shape index (κ1) is 26.5. The average Bonchev–Trinajstić information content (AvgIpc) is 3.22. The molecule has 2 fully saturated rings. The Morgan fingerprint density at radius 3 is 2.70 bits per heavy atom. The lowest BCUT2D eigenvalue weighted by molar-refractivity contribution is 0.121. The number of nitrogens with zero attached hydrogens (tertiary/aromatic N) is 7. The van der Waals surface area contributed by atoms with Gasteiger partial charge in [0.2, 0.25) is 5.95 Å². The molecule has 0 amide bonds. The molecule has 0 radical (unpaired) electrons. The molecule has 2 aromatic heterocycles. The van der Waals surface area contributed by atoms with E-state index in [4.69, 9.17) is 37.7 Å². The lowest BCUT2D eigenvalue weighted by atomic mass is 9.81. The molecule has 0 saturated carbocycles. The number of benzene rings is 1. The van der Waals surface area contributed by atoms with Crippen LogP contribution in [0, 0.1) is 18.8 Å². The fourth-order valence-electron chi connectivity index (χ4n) is 5.31. The van der Waals surface area contributed by atoms with Gasteiger partial charge >= 0.3 is 10.3 Å². The number of hydrogen-bond donors (Lipinski definition) is 2. The van der Waals surface area contributed by atoms with Gasteiger partial charge in [-0.2, -0.15) is 18.1 Å². The quantitative estimate of drug-likeness (QED) is 0.394. The van der Waals surface area contributed by atoms with E-state index in [1.807, 2.05) is 26.0 Å². The number of fused-ring (bicyclic) bond motifs is 1. The number of likely N-dealkylation sites (tertiary alicyclic amines) is 1. The van der Waals surface area contributed by atoms with Crippen molar-refractivity contribution in [1.29, 1.82) is 0 Å². The van der Waals surface area contributed by atoms with E-state index >= 15 is 0 Å². The molecule has 2 aliphatic heterocycles. The molecular weight excluding hydrogens is 539 g/mol. The Kier molecular flexibility index (Phi) is 7.58. The first-order chi connectivity index (χ1) is 17.6. The summed E-state index contributed by atoms with van der Waals surface area (Å²) in [5.41, 5.74) is 2.99. The summed E-state index contributed by atoms with van der Waals surface area (Å²) < 4.78 is 34.6. The average molecular weight is 570 g/mol. The molecule has 2 N–H and O–H groups in total. The number of rotatable bonds is 8. The third kappa shape index (κ3) is 5.84. The molecule has 0 bridgehead atoms. The first-order valence-corrected chi connectivity index (χ1v) is 14.5. The van der Waals surface area contributed by atoms with Crippen LogP contribution in [0.3, 0.4) is 0 Å². The van der Waals surface area contributed by atoms with Crippen LogP contribution >= 0.6 is 23.2 Å². The highest BCUT2D eigenvalue weighted by Gasteiger charge is 2.37. The Labute approximate surface area is 226 Å². The summed E-state index contributed by atoms with van der Waals surface area (Å²) in [6.07, 6.45) is 2.22. The van der Waals surface area contributed by atoms with E-state index in [2.05, 4.69) is 24.8 Å². The van der Waals surface area contributed by atoms with E-state index in [0.717, 1.165) is 50.3 Å². The smallest absolute Gasteiger partial charge is 0.333 e. The number of halogens is 2. The molecule has 1 aromatic carbocycles. The fraction of sp³-hybridized carbons (Fsp3) is 0.565. The molecule has 3 aromatic rings. The van der Waals surface area contributed by atoms with Gasteiger partial charge in [-0.25, -0.2) is 9.67 Å². The van der Waals surface area contributed by atoms with Crippen molar-refractivity contribution in [1.82, 2.24) is 34.6 Å². The van der Waals surface area contributed by atoms with Gasteiger partial charge in [0.1, 0.15) is 0 Å². The summed E-state index contributed by atoms with van der Waals surface area (Å²) in [5, 5.41) is 9.84. The van der Waals surface area contributed by atoms with Gasteiger partial charge in [-0.15, -0.1) is 5.10 Å². The molecule has 5 rings (SSSR count). The van der Waals surface area contributed by atoms with Crippen LogP contribution in [0.4, 0.5) is 5.95 Å². The molecule has 37 heavy (non-hydrogen) atoms. The predicted molar refractivity (Wildman–Crippen MR) is 143 cm³/mol. The van der Waals surface area contributed by atoms with E-state index in [1.165, 1.54) is 0 Å². The molecule has 2 atom stereocenters. The van der Waals surface area contributed by atoms with Crippen LogP contribution in [0.2, 0.25) is 10.0 Å². The second-order valence-corrected chi connectivity index (χ2v) is 12.0. The largest absolute Gasteiger partial charge is 0.340 e. The van der Waals surface area contributed by atoms with E-state index in [1.54, 1.807) is 10.7 Å². The van der Waals surface area contributed by atoms with Gasteiger partial charge in [0.05, 0.1) is 11.7 Å². The SMILES string of the molecule is Cc1nc(N2CC([C@H]3CCCN(CCNS(=O)(=O)O)C3)C2)nc2c1nnn2[C@H](C)c1ccc(Cl)cc1Cl. The van der Waals surface area contributed by atoms with E-state index in [9.17, 15) is 8.42 Å². The minimum atomic E-state index is -4.15. The summed E-state index contributed by atoms with van der Waals surface area (Å²) in [6.45, 7) is 8.30. The highest BCUT2D eigenvalue weighted by atomic mass is 35.5. The van der Waals surface area contributed by atoms with Crippen LogP contribution in [0.5, 0.6) is 0 Å². The zero-order chi connectivity index (χ0) is 26.3. The fourth-order valence-corrected chi connectivity index (χ4v) is 6.23. The highest BCUT2D eigenvalue weighted by Crippen LogP contribution is 2.34. The van der Waals surface area contributed by atoms with E-state index < -0.39 is 10.3 Å². The Bertz CT molecular complexity index is 1400. The molecule has 14 heteroatoms. The van der Waals surface area contributed by atoms with Gasteiger partial charge < -0.3 is 9.80 Å². The number of nitrogens with one attached hydrogen (secondary N) is 1. The Hall–Kier alpha value is -2.09. The molecule has 2 saturated heterocycles. The maximum absolute atomic E-state index is 10.9. The Morgan fingerprint density at radius 1 is 1.19 bits per heavy atom. The zero-order valence-corrected chi connectivity index (χ0v) is 23.0. The van der Waals surface area contributed by atoms with Crippen molar-refractivity contribution in [2.75, 3.05) is 44.2 Å². The summed E-state index contributed by atoms with van der Waals surface area (Å²) in [4.78, 5) is 14.0. The summed E-state index contributed by atoms with van der Waals surface area (Å²) in [5.74, 6) is 1.72. The van der Waals surface area contributed by atoms with Crippen molar-refractivity contribution in [3.05, 3.63) is 39.5 Å². The van der Waals surface area contributed by atoms with E-state index in [0.29, 0.717) is 45.5 Å². The standard InChI is InChI=1S/C23H30Cl2N8O3S/c1-14-21-22(33(30-29-21)15(2)19-6-5-18(24)10-20(19)25)28-23(27-14)32-12-17(13-32)16-4-3-8-31(11-16)9-7-26-37(34,35)36/h5-6,10,15-17,26H,3-4,7-9,11-13H2,1-2H3,(H,34,35,36)/t15-,16+/m1/s1. The third-order valence-electron chi connectivity index (χ3n) is 7.38. The second kappa shape index (κ2) is 10.6. The lowest BCUT2D eigenvalue weighted by Crippen LogP contribution is -2.54. The van der Waals surface area contributed by atoms with Gasteiger partial charge in [0.15, 0.2) is 11.2 Å². The van der Waals surface area contributed by atoms with Gasteiger partial charge in [0.25, 0.3) is 0 Å². The van der Waals surface area contributed by atoms with Crippen LogP contribution in [0.15, 0.2) is 18.2 Å². The Balaban J connectivity index is 1.26. The van der Waals surface area contributed by atoms with Crippen LogP contribution in [-0.2, 0) is 10.3 Å². The zero-order valence-electron chi connectivity index (χ0n) is 20.7. The molecule has 0 aliphatic carbocycles. The molecule has 0 unspecified atom stereocenters. The number of anilines is 1. The minimum Gasteiger partial charge on any atom is -0.340 e. The number of aryl methyl sites for hydroxylation is 1. The van der Waals surface area contributed by atoms with Crippen molar-refractivity contribution in [3.63, 3.8) is 0 Å². The number of hydrogen-bond acceptors (Lipinski definition) is 8. The van der Waals surface area contributed by atoms with Crippen LogP contribution in [-0.4, -0.2) is 82.1 Å². The van der Waals surface area contributed by atoms with E-state index in [-0.39, 0.29) is 12.6 Å². The van der Waals surface area contributed by atoms with Crippen molar-refractivity contribution in [2.24, 2.45) is 11.8 Å². The second-order valence-electron chi connectivity index (χ2n) is 9.89. The monoisotopic (exact) mass is 568 g/mol. The highest BCUT2D eigenvalue weighted by molar-refractivity contribution is 7.83. The van der Waals surface area contributed by atoms with Gasteiger partial charge in [-0.1, -0.05) is 34.5 Å². The minimum absolute atomic E-state index is 0.190. The van der Waals surface area contributed by atoms with Crippen molar-refractivity contribution >= 4 is 50.6 Å². The normalized spacial score (nSPS) is 20.4. The van der Waals surface area contributed by atoms with Crippen LogP contribution in [0.25, 0.3) is 11.2 Å². The predicted octanol–water partition coefficient (Wildman–Crippen LogP) is 2.99. The molecule has 200 valence electrons. The summed E-state index contributed by atoms with van der Waals surface area (Å²) >= 11 is 12.5. The maximum Gasteiger partial charge on any atom is 0.333 e. The van der Waals surface area contributed by atoms with Gasteiger partial charge in [-0.3, -0.25) is 4.55 Å². The van der Waals surface area contributed by atoms with Crippen molar-refractivity contribution < 1.29 is 13.0 Å². The third-order valence-corrected chi connectivity index (χ3v) is 8.51. The van der Waals surface area contributed by atoms with Gasteiger partial charge in [-0.05, 0) is 62.8 Å². The molecule has 11 nitrogen and oxygen atoms in total. The summed E-state index contributed by atoms with van der Waals surface area (Å²) in [7, 11) is -4.15.